The maximum atomic E-state index is 10.6. The van der Waals surface area contributed by atoms with Gasteiger partial charge in [-0.1, -0.05) is 38.8 Å². The van der Waals surface area contributed by atoms with Crippen LogP contribution in [0.3, 0.4) is 0 Å². The Hall–Kier alpha value is -1.02. The third kappa shape index (κ3) is 3.50. The van der Waals surface area contributed by atoms with Crippen LogP contribution < -0.4 is 4.74 Å². The number of hydrogen-bond acceptors (Lipinski definition) is 2. The molecule has 0 aromatic heterocycles. The molecule has 1 saturated carbocycles. The molecule has 2 nitrogen and oxygen atoms in total. The van der Waals surface area contributed by atoms with Crippen molar-refractivity contribution in [3.8, 4) is 5.75 Å². The van der Waals surface area contributed by atoms with Crippen molar-refractivity contribution in [2.75, 3.05) is 7.11 Å². The molecule has 1 N–H and O–H groups in total. The predicted octanol–water partition coefficient (Wildman–Crippen LogP) is 3.82. The number of aliphatic hydroxyl groups is 1. The molecule has 0 aliphatic heterocycles. The van der Waals surface area contributed by atoms with E-state index in [1.54, 1.807) is 7.11 Å². The molecule has 0 saturated heterocycles. The Bertz CT molecular complexity index is 394. The van der Waals surface area contributed by atoms with Crippen LogP contribution in [0.25, 0.3) is 0 Å². The highest BCUT2D eigenvalue weighted by Gasteiger charge is 2.36. The second kappa shape index (κ2) is 5.96. The smallest absolute Gasteiger partial charge is 0.118 e. The summed E-state index contributed by atoms with van der Waals surface area (Å²) in [5.74, 6) is 1.29. The van der Waals surface area contributed by atoms with Gasteiger partial charge in [-0.15, -0.1) is 0 Å². The standard InChI is InChI=1S/C17H26O2/c1-17(2)11-5-4-6-15(17)16(18)12-13-7-9-14(19-3)10-8-13/h7-10,15-16,18H,4-6,11-12H2,1-3H3. The first-order valence-electron chi connectivity index (χ1n) is 7.34. The van der Waals surface area contributed by atoms with Crippen LogP contribution in [0.4, 0.5) is 0 Å². The van der Waals surface area contributed by atoms with Gasteiger partial charge >= 0.3 is 0 Å². The minimum absolute atomic E-state index is 0.233. The Morgan fingerprint density at radius 2 is 1.95 bits per heavy atom. The largest absolute Gasteiger partial charge is 0.497 e. The summed E-state index contributed by atoms with van der Waals surface area (Å²) in [5.41, 5.74) is 1.46. The van der Waals surface area contributed by atoms with Gasteiger partial charge in [0, 0.05) is 0 Å². The Balaban J connectivity index is 2.01. The van der Waals surface area contributed by atoms with E-state index >= 15 is 0 Å². The Morgan fingerprint density at radius 3 is 2.53 bits per heavy atom. The molecule has 19 heavy (non-hydrogen) atoms. The highest BCUT2D eigenvalue weighted by atomic mass is 16.5. The van der Waals surface area contributed by atoms with Crippen LogP contribution in [-0.4, -0.2) is 18.3 Å². The molecule has 106 valence electrons. The summed E-state index contributed by atoms with van der Waals surface area (Å²) in [6.45, 7) is 4.60. The van der Waals surface area contributed by atoms with Crippen LogP contribution in [-0.2, 0) is 6.42 Å². The van der Waals surface area contributed by atoms with Crippen LogP contribution in [0.1, 0.15) is 45.1 Å². The minimum Gasteiger partial charge on any atom is -0.497 e. The fourth-order valence-electron chi connectivity index (χ4n) is 3.38. The lowest BCUT2D eigenvalue weighted by Crippen LogP contribution is -2.37. The van der Waals surface area contributed by atoms with E-state index in [4.69, 9.17) is 4.74 Å². The first kappa shape index (κ1) is 14.4. The van der Waals surface area contributed by atoms with Gasteiger partial charge in [-0.25, -0.2) is 0 Å². The molecular weight excluding hydrogens is 236 g/mol. The third-order valence-corrected chi connectivity index (χ3v) is 4.66. The second-order valence-electron chi connectivity index (χ2n) is 6.46. The molecule has 2 rings (SSSR count). The van der Waals surface area contributed by atoms with E-state index in [0.717, 1.165) is 18.6 Å². The monoisotopic (exact) mass is 262 g/mol. The number of ether oxygens (including phenoxy) is 1. The quantitative estimate of drug-likeness (QED) is 0.894. The van der Waals surface area contributed by atoms with Crippen molar-refractivity contribution in [1.29, 1.82) is 0 Å². The Kier molecular flexibility index (Phi) is 4.51. The summed E-state index contributed by atoms with van der Waals surface area (Å²) < 4.78 is 5.16. The van der Waals surface area contributed by atoms with Crippen molar-refractivity contribution in [2.24, 2.45) is 11.3 Å². The van der Waals surface area contributed by atoms with Crippen LogP contribution in [0, 0.1) is 11.3 Å². The molecule has 1 aliphatic rings. The van der Waals surface area contributed by atoms with Gasteiger partial charge in [-0.05, 0) is 48.3 Å². The molecule has 1 fully saturated rings. The van der Waals surface area contributed by atoms with Gasteiger partial charge < -0.3 is 9.84 Å². The van der Waals surface area contributed by atoms with Gasteiger partial charge in [0.05, 0.1) is 13.2 Å². The lowest BCUT2D eigenvalue weighted by atomic mass is 9.66. The zero-order chi connectivity index (χ0) is 13.9. The average Bonchev–Trinajstić information content (AvgIpc) is 2.39. The number of aliphatic hydroxyl groups excluding tert-OH is 1. The van der Waals surface area contributed by atoms with Crippen molar-refractivity contribution < 1.29 is 9.84 Å². The van der Waals surface area contributed by atoms with E-state index in [0.29, 0.717) is 5.92 Å². The first-order valence-corrected chi connectivity index (χ1v) is 7.34. The summed E-state index contributed by atoms with van der Waals surface area (Å²) in [7, 11) is 1.68. The van der Waals surface area contributed by atoms with Crippen LogP contribution in [0.15, 0.2) is 24.3 Å². The summed E-state index contributed by atoms with van der Waals surface area (Å²) in [5, 5.41) is 10.6. The predicted molar refractivity (Wildman–Crippen MR) is 78.4 cm³/mol. The van der Waals surface area contributed by atoms with Crippen molar-refractivity contribution >= 4 is 0 Å². The Labute approximate surface area is 116 Å². The Morgan fingerprint density at radius 1 is 1.26 bits per heavy atom. The number of hydrogen-bond donors (Lipinski definition) is 1. The molecule has 1 aromatic rings. The number of rotatable bonds is 4. The van der Waals surface area contributed by atoms with Gasteiger partial charge in [-0.3, -0.25) is 0 Å². The molecule has 2 heteroatoms. The van der Waals surface area contributed by atoms with Crippen LogP contribution in [0.2, 0.25) is 0 Å². The highest BCUT2D eigenvalue weighted by Crippen LogP contribution is 2.42. The second-order valence-corrected chi connectivity index (χ2v) is 6.46. The van der Waals surface area contributed by atoms with Crippen molar-refractivity contribution in [3.63, 3.8) is 0 Å². The average molecular weight is 262 g/mol. The maximum absolute atomic E-state index is 10.6. The maximum Gasteiger partial charge on any atom is 0.118 e. The van der Waals surface area contributed by atoms with Crippen molar-refractivity contribution in [3.05, 3.63) is 29.8 Å². The fourth-order valence-corrected chi connectivity index (χ4v) is 3.38. The molecule has 1 aliphatic carbocycles. The molecule has 2 atom stereocenters. The molecule has 0 radical (unpaired) electrons. The number of methoxy groups -OCH3 is 1. The van der Waals surface area contributed by atoms with Gasteiger partial charge in [-0.2, -0.15) is 0 Å². The topological polar surface area (TPSA) is 29.5 Å². The number of benzene rings is 1. The zero-order valence-corrected chi connectivity index (χ0v) is 12.4. The molecular formula is C17H26O2. The minimum atomic E-state index is -0.233. The van der Waals surface area contributed by atoms with Gasteiger partial charge in [0.1, 0.15) is 5.75 Å². The normalized spacial score (nSPS) is 23.9. The van der Waals surface area contributed by atoms with Gasteiger partial charge in [0.2, 0.25) is 0 Å². The van der Waals surface area contributed by atoms with Gasteiger partial charge in [0.25, 0.3) is 0 Å². The van der Waals surface area contributed by atoms with Crippen molar-refractivity contribution in [1.82, 2.24) is 0 Å². The summed E-state index contributed by atoms with van der Waals surface area (Å²) in [6.07, 6.45) is 5.47. The van der Waals surface area contributed by atoms with Crippen molar-refractivity contribution in [2.45, 2.75) is 52.1 Å². The fraction of sp³-hybridized carbons (Fsp3) is 0.647. The van der Waals surface area contributed by atoms with E-state index in [9.17, 15) is 5.11 Å². The SMILES string of the molecule is COc1ccc(CC(O)C2CCCCC2(C)C)cc1. The van der Waals surface area contributed by atoms with E-state index < -0.39 is 0 Å². The third-order valence-electron chi connectivity index (χ3n) is 4.66. The highest BCUT2D eigenvalue weighted by molar-refractivity contribution is 5.27. The lowest BCUT2D eigenvalue weighted by molar-refractivity contribution is 0.00580. The van der Waals surface area contributed by atoms with Gasteiger partial charge in [0.15, 0.2) is 0 Å². The summed E-state index contributed by atoms with van der Waals surface area (Å²) in [4.78, 5) is 0. The van der Waals surface area contributed by atoms with E-state index in [2.05, 4.69) is 26.0 Å². The molecule has 0 bridgehead atoms. The van der Waals surface area contributed by atoms with E-state index in [1.807, 2.05) is 12.1 Å². The zero-order valence-electron chi connectivity index (χ0n) is 12.4. The first-order chi connectivity index (χ1) is 9.03. The summed E-state index contributed by atoms with van der Waals surface area (Å²) in [6, 6.07) is 8.04. The lowest BCUT2D eigenvalue weighted by Gasteiger charge is -2.41. The summed E-state index contributed by atoms with van der Waals surface area (Å²) >= 11 is 0. The molecule has 1 aromatic carbocycles. The van der Waals surface area contributed by atoms with Crippen LogP contribution in [0.5, 0.6) is 5.75 Å². The molecule has 2 unspecified atom stereocenters. The van der Waals surface area contributed by atoms with E-state index in [-0.39, 0.29) is 11.5 Å². The molecule has 0 spiro atoms. The molecule has 0 heterocycles. The van der Waals surface area contributed by atoms with E-state index in [1.165, 1.54) is 24.8 Å². The molecule has 0 amide bonds. The van der Waals surface area contributed by atoms with Crippen LogP contribution >= 0.6 is 0 Å².